The van der Waals surface area contributed by atoms with Crippen molar-refractivity contribution in [2.45, 2.75) is 26.4 Å². The van der Waals surface area contributed by atoms with E-state index in [2.05, 4.69) is 9.97 Å². The fourth-order valence-corrected chi connectivity index (χ4v) is 1.79. The van der Waals surface area contributed by atoms with Crippen molar-refractivity contribution < 1.29 is 4.79 Å². The number of carbonyl (C=O) groups excluding carboxylic acids is 1. The number of carbonyl (C=O) groups is 1. The smallest absolute Gasteiger partial charge is 0.256 e. The third kappa shape index (κ3) is 1.13. The molecule has 1 aliphatic heterocycles. The molecule has 0 saturated carbocycles. The van der Waals surface area contributed by atoms with Gasteiger partial charge in [0.2, 0.25) is 5.91 Å². The molecule has 1 atom stereocenters. The summed E-state index contributed by atoms with van der Waals surface area (Å²) >= 11 is 0. The zero-order valence-electron chi connectivity index (χ0n) is 8.07. The average Bonchev–Trinajstić information content (AvgIpc) is 2.46. The largest absolute Gasteiger partial charge is 0.330 e. The number of fused-ring (bicyclic) bond motifs is 1. The van der Waals surface area contributed by atoms with E-state index in [-0.39, 0.29) is 17.5 Å². The second kappa shape index (κ2) is 2.94. The van der Waals surface area contributed by atoms with Gasteiger partial charge in [-0.05, 0) is 6.92 Å². The van der Waals surface area contributed by atoms with Crippen molar-refractivity contribution in [1.82, 2.24) is 14.9 Å². The molecule has 0 unspecified atom stereocenters. The highest BCUT2D eigenvalue weighted by molar-refractivity contribution is 5.74. The lowest BCUT2D eigenvalue weighted by molar-refractivity contribution is -0.130. The Morgan fingerprint density at radius 1 is 1.71 bits per heavy atom. The molecule has 2 rings (SSSR count). The molecular formula is C9H11N3O2. The van der Waals surface area contributed by atoms with Crippen molar-refractivity contribution in [2.24, 2.45) is 0 Å². The molecule has 1 N–H and O–H groups in total. The van der Waals surface area contributed by atoms with E-state index in [4.69, 9.17) is 0 Å². The van der Waals surface area contributed by atoms with Crippen LogP contribution in [0, 0.1) is 0 Å². The molecule has 0 bridgehead atoms. The van der Waals surface area contributed by atoms with Gasteiger partial charge in [-0.1, -0.05) is 0 Å². The average molecular weight is 193 g/mol. The first-order valence-electron chi connectivity index (χ1n) is 4.45. The van der Waals surface area contributed by atoms with Crippen LogP contribution in [0.3, 0.4) is 0 Å². The molecule has 1 amide bonds. The summed E-state index contributed by atoms with van der Waals surface area (Å²) in [4.78, 5) is 30.8. The molecule has 74 valence electrons. The maximum absolute atomic E-state index is 11.4. The lowest BCUT2D eigenvalue weighted by atomic mass is 10.2. The predicted molar refractivity (Wildman–Crippen MR) is 49.5 cm³/mol. The van der Waals surface area contributed by atoms with Gasteiger partial charge in [0.15, 0.2) is 0 Å². The Morgan fingerprint density at radius 3 is 3.00 bits per heavy atom. The van der Waals surface area contributed by atoms with Crippen LogP contribution in [-0.2, 0) is 11.3 Å². The number of hydrogen-bond acceptors (Lipinski definition) is 3. The van der Waals surface area contributed by atoms with Crippen molar-refractivity contribution in [2.75, 3.05) is 0 Å². The highest BCUT2D eigenvalue weighted by Gasteiger charge is 2.31. The normalized spacial score (nSPS) is 19.6. The number of aromatic amines is 1. The molecule has 14 heavy (non-hydrogen) atoms. The summed E-state index contributed by atoms with van der Waals surface area (Å²) in [6, 6.07) is -0.0928. The first-order chi connectivity index (χ1) is 6.61. The molecular weight excluding hydrogens is 182 g/mol. The van der Waals surface area contributed by atoms with Crippen LogP contribution in [0.4, 0.5) is 0 Å². The van der Waals surface area contributed by atoms with Crippen molar-refractivity contribution >= 4 is 5.91 Å². The SMILES string of the molecule is CC(=O)N1Cc2c(nc[nH]c2=O)[C@H]1C. The number of H-pyrrole nitrogens is 1. The van der Waals surface area contributed by atoms with Crippen molar-refractivity contribution in [3.63, 3.8) is 0 Å². The monoisotopic (exact) mass is 193 g/mol. The van der Waals surface area contributed by atoms with Crippen LogP contribution in [0.15, 0.2) is 11.1 Å². The van der Waals surface area contributed by atoms with Gasteiger partial charge in [-0.2, -0.15) is 0 Å². The van der Waals surface area contributed by atoms with E-state index in [0.29, 0.717) is 17.8 Å². The van der Waals surface area contributed by atoms with Crippen molar-refractivity contribution in [3.8, 4) is 0 Å². The van der Waals surface area contributed by atoms with Gasteiger partial charge in [-0.15, -0.1) is 0 Å². The summed E-state index contributed by atoms with van der Waals surface area (Å²) in [5.74, 6) is -0.0325. The summed E-state index contributed by atoms with van der Waals surface area (Å²) in [6.07, 6.45) is 1.38. The minimum Gasteiger partial charge on any atom is -0.330 e. The quantitative estimate of drug-likeness (QED) is 0.639. The highest BCUT2D eigenvalue weighted by Crippen LogP contribution is 2.28. The van der Waals surface area contributed by atoms with E-state index in [1.807, 2.05) is 6.92 Å². The van der Waals surface area contributed by atoms with E-state index in [1.165, 1.54) is 13.3 Å². The molecule has 0 spiro atoms. The van der Waals surface area contributed by atoms with E-state index in [0.717, 1.165) is 0 Å². The standard InChI is InChI=1S/C9H11N3O2/c1-5-8-7(3-12(5)6(2)13)9(14)11-4-10-8/h4-5H,3H2,1-2H3,(H,10,11,14)/t5-/m1/s1. The zero-order chi connectivity index (χ0) is 10.3. The molecule has 1 aromatic rings. The Balaban J connectivity index is 2.50. The second-order valence-corrected chi connectivity index (χ2v) is 3.42. The van der Waals surface area contributed by atoms with Crippen molar-refractivity contribution in [3.05, 3.63) is 27.9 Å². The van der Waals surface area contributed by atoms with Gasteiger partial charge in [0.25, 0.3) is 5.56 Å². The Kier molecular flexibility index (Phi) is 1.87. The number of nitrogens with one attached hydrogen (secondary N) is 1. The zero-order valence-corrected chi connectivity index (χ0v) is 8.07. The topological polar surface area (TPSA) is 66.1 Å². The fourth-order valence-electron chi connectivity index (χ4n) is 1.79. The van der Waals surface area contributed by atoms with Crippen LogP contribution in [0.1, 0.15) is 31.1 Å². The fraction of sp³-hybridized carbons (Fsp3) is 0.444. The van der Waals surface area contributed by atoms with E-state index >= 15 is 0 Å². The lowest BCUT2D eigenvalue weighted by Crippen LogP contribution is -2.25. The minimum atomic E-state index is -0.148. The Hall–Kier alpha value is -1.65. The minimum absolute atomic E-state index is 0.0325. The molecule has 0 radical (unpaired) electrons. The van der Waals surface area contributed by atoms with Gasteiger partial charge in [0.1, 0.15) is 0 Å². The van der Waals surface area contributed by atoms with Gasteiger partial charge in [0, 0.05) is 6.92 Å². The van der Waals surface area contributed by atoms with Crippen LogP contribution in [0.25, 0.3) is 0 Å². The second-order valence-electron chi connectivity index (χ2n) is 3.42. The Bertz CT molecular complexity index is 438. The maximum Gasteiger partial charge on any atom is 0.256 e. The Morgan fingerprint density at radius 2 is 2.43 bits per heavy atom. The first-order valence-corrected chi connectivity index (χ1v) is 4.45. The van der Waals surface area contributed by atoms with Gasteiger partial charge >= 0.3 is 0 Å². The van der Waals surface area contributed by atoms with Gasteiger partial charge in [-0.3, -0.25) is 9.59 Å². The summed E-state index contributed by atoms with van der Waals surface area (Å²) in [5.41, 5.74) is 1.17. The third-order valence-electron chi connectivity index (χ3n) is 2.58. The van der Waals surface area contributed by atoms with Crippen LogP contribution in [0.5, 0.6) is 0 Å². The van der Waals surface area contributed by atoms with E-state index in [9.17, 15) is 9.59 Å². The summed E-state index contributed by atoms with van der Waals surface area (Å²) in [7, 11) is 0. The van der Waals surface area contributed by atoms with Crippen LogP contribution >= 0.6 is 0 Å². The Labute approximate surface area is 80.8 Å². The van der Waals surface area contributed by atoms with Gasteiger partial charge < -0.3 is 9.88 Å². The molecule has 1 aromatic heterocycles. The van der Waals surface area contributed by atoms with Gasteiger partial charge in [-0.25, -0.2) is 4.98 Å². The maximum atomic E-state index is 11.4. The number of rotatable bonds is 0. The van der Waals surface area contributed by atoms with Gasteiger partial charge in [0.05, 0.1) is 30.2 Å². The third-order valence-corrected chi connectivity index (χ3v) is 2.58. The van der Waals surface area contributed by atoms with Crippen LogP contribution in [0.2, 0.25) is 0 Å². The number of hydrogen-bond donors (Lipinski definition) is 1. The number of amides is 1. The summed E-state index contributed by atoms with van der Waals surface area (Å²) in [5, 5.41) is 0. The summed E-state index contributed by atoms with van der Waals surface area (Å²) < 4.78 is 0. The molecule has 0 saturated heterocycles. The highest BCUT2D eigenvalue weighted by atomic mass is 16.2. The lowest BCUT2D eigenvalue weighted by Gasteiger charge is -2.18. The van der Waals surface area contributed by atoms with Crippen LogP contribution in [-0.4, -0.2) is 20.8 Å². The number of nitrogens with zero attached hydrogens (tertiary/aromatic N) is 2. The van der Waals surface area contributed by atoms with Crippen molar-refractivity contribution in [1.29, 1.82) is 0 Å². The van der Waals surface area contributed by atoms with E-state index in [1.54, 1.807) is 4.90 Å². The van der Waals surface area contributed by atoms with Crippen LogP contribution < -0.4 is 5.56 Å². The molecule has 0 fully saturated rings. The van der Waals surface area contributed by atoms with E-state index < -0.39 is 0 Å². The molecule has 0 aliphatic carbocycles. The molecule has 0 aromatic carbocycles. The molecule has 5 nitrogen and oxygen atoms in total. The number of aromatic nitrogens is 2. The first kappa shape index (κ1) is 8.93. The predicted octanol–water partition coefficient (Wildman–Crippen LogP) is 0.193. The molecule has 5 heteroatoms. The molecule has 2 heterocycles. The summed E-state index contributed by atoms with van der Waals surface area (Å²) in [6.45, 7) is 3.74. The molecule has 1 aliphatic rings.